The summed E-state index contributed by atoms with van der Waals surface area (Å²) in [7, 11) is 0. The van der Waals surface area contributed by atoms with Gasteiger partial charge in [-0.1, -0.05) is 6.07 Å². The molecule has 2 atom stereocenters. The number of ether oxygens (including phenoxy) is 2. The number of alkyl carbamates (subject to hydrolysis) is 1. The van der Waals surface area contributed by atoms with Crippen LogP contribution in [-0.2, 0) is 14.3 Å². The molecule has 9 heteroatoms. The zero-order valence-electron chi connectivity index (χ0n) is 14.7. The second-order valence-corrected chi connectivity index (χ2v) is 6.72. The molecule has 1 aliphatic heterocycles. The summed E-state index contributed by atoms with van der Waals surface area (Å²) >= 11 is 0. The third-order valence-electron chi connectivity index (χ3n) is 3.44. The summed E-state index contributed by atoms with van der Waals surface area (Å²) in [6.07, 6.45) is -2.08. The molecule has 0 aliphatic carbocycles. The number of nitrogens with two attached hydrogens (primary N) is 1. The molecule has 4 N–H and O–H groups in total. The van der Waals surface area contributed by atoms with Crippen LogP contribution in [0.1, 0.15) is 32.8 Å². The molecule has 0 aromatic heterocycles. The summed E-state index contributed by atoms with van der Waals surface area (Å²) < 4.78 is 10.7. The van der Waals surface area contributed by atoms with Gasteiger partial charge in [-0.05, 0) is 32.9 Å². The summed E-state index contributed by atoms with van der Waals surface area (Å²) in [5.41, 5.74) is 5.09. The van der Waals surface area contributed by atoms with Crippen LogP contribution in [0.15, 0.2) is 18.2 Å². The van der Waals surface area contributed by atoms with Gasteiger partial charge >= 0.3 is 6.09 Å². The molecule has 1 aromatic rings. The summed E-state index contributed by atoms with van der Waals surface area (Å²) in [4.78, 5) is 35.8. The number of primary amides is 1. The maximum absolute atomic E-state index is 12.3. The van der Waals surface area contributed by atoms with Gasteiger partial charge in [-0.25, -0.2) is 4.79 Å². The molecule has 1 aliphatic rings. The lowest BCUT2D eigenvalue weighted by molar-refractivity contribution is -0.125. The number of nitrogens with zero attached hydrogens (tertiary/aromatic N) is 1. The number of nitriles is 1. The molecule has 0 bridgehead atoms. The molecule has 3 amide bonds. The van der Waals surface area contributed by atoms with E-state index >= 15 is 0 Å². The number of rotatable bonds is 4. The van der Waals surface area contributed by atoms with Gasteiger partial charge in [0.1, 0.15) is 29.1 Å². The van der Waals surface area contributed by atoms with Crippen molar-refractivity contribution in [2.24, 2.45) is 5.73 Å². The van der Waals surface area contributed by atoms with Gasteiger partial charge in [0.25, 0.3) is 5.91 Å². The van der Waals surface area contributed by atoms with Crippen LogP contribution in [0.5, 0.6) is 5.75 Å². The Kier molecular flexibility index (Phi) is 5.35. The van der Waals surface area contributed by atoms with E-state index in [1.807, 2.05) is 6.07 Å². The van der Waals surface area contributed by atoms with Gasteiger partial charge in [-0.2, -0.15) is 5.26 Å². The van der Waals surface area contributed by atoms with Crippen LogP contribution < -0.4 is 21.1 Å². The number of hydrogen-bond acceptors (Lipinski definition) is 6. The molecule has 0 fully saturated rings. The summed E-state index contributed by atoms with van der Waals surface area (Å²) in [5.74, 6) is -1.07. The van der Waals surface area contributed by atoms with Gasteiger partial charge in [0.05, 0.1) is 5.56 Å². The van der Waals surface area contributed by atoms with Crippen LogP contribution in [0.3, 0.4) is 0 Å². The first-order valence-corrected chi connectivity index (χ1v) is 7.90. The monoisotopic (exact) mass is 360 g/mol. The van der Waals surface area contributed by atoms with E-state index in [4.69, 9.17) is 20.5 Å². The highest BCUT2D eigenvalue weighted by molar-refractivity contribution is 5.99. The molecule has 0 saturated carbocycles. The molecule has 0 unspecified atom stereocenters. The molecule has 0 spiro atoms. The third-order valence-corrected chi connectivity index (χ3v) is 3.44. The number of hydrogen-bond donors (Lipinski definition) is 3. The maximum atomic E-state index is 12.3. The van der Waals surface area contributed by atoms with Crippen molar-refractivity contribution in [3.05, 3.63) is 23.8 Å². The Bertz CT molecular complexity index is 778. The number of carbonyl (C=O) groups is 3. The summed E-state index contributed by atoms with van der Waals surface area (Å²) in [6, 6.07) is 5.52. The lowest BCUT2D eigenvalue weighted by Gasteiger charge is -2.29. The fourth-order valence-corrected chi connectivity index (χ4v) is 2.33. The van der Waals surface area contributed by atoms with E-state index in [0.29, 0.717) is 5.75 Å². The average Bonchev–Trinajstić information content (AvgIpc) is 2.52. The molecule has 2 rings (SSSR count). The molecule has 0 radical (unpaired) electrons. The van der Waals surface area contributed by atoms with Crippen molar-refractivity contribution >= 4 is 23.6 Å². The standard InChI is InChI=1S/C17H20N4O5/c1-17(2,3)26-16(24)20-10(14(19)22)7-12-15(23)21-13-9(8-18)5-4-6-11(13)25-12/h4-6,10,12H,7H2,1-3H3,(H2,19,22)(H,20,24)(H,21,23)/t10-,12-/m0/s1. The number of nitrogens with one attached hydrogen (secondary N) is 2. The fourth-order valence-electron chi connectivity index (χ4n) is 2.33. The van der Waals surface area contributed by atoms with Crippen molar-refractivity contribution in [2.45, 2.75) is 44.9 Å². The maximum Gasteiger partial charge on any atom is 0.408 e. The Morgan fingerprint density at radius 3 is 2.73 bits per heavy atom. The number of amides is 3. The molecule has 9 nitrogen and oxygen atoms in total. The molecule has 26 heavy (non-hydrogen) atoms. The zero-order chi connectivity index (χ0) is 19.5. The van der Waals surface area contributed by atoms with E-state index in [0.717, 1.165) is 0 Å². The predicted octanol–water partition coefficient (Wildman–Crippen LogP) is 1.03. The normalized spacial score (nSPS) is 17.0. The van der Waals surface area contributed by atoms with Gasteiger partial charge in [-0.15, -0.1) is 0 Å². The molecular weight excluding hydrogens is 340 g/mol. The Hall–Kier alpha value is -3.28. The molecule has 138 valence electrons. The van der Waals surface area contributed by atoms with Gasteiger partial charge in [-0.3, -0.25) is 9.59 Å². The van der Waals surface area contributed by atoms with Gasteiger partial charge in [0.15, 0.2) is 6.10 Å². The summed E-state index contributed by atoms with van der Waals surface area (Å²) in [5, 5.41) is 14.0. The lowest BCUT2D eigenvalue weighted by atomic mass is 10.0. The largest absolute Gasteiger partial charge is 0.478 e. The van der Waals surface area contributed by atoms with Crippen LogP contribution in [0, 0.1) is 11.3 Å². The third kappa shape index (κ3) is 4.63. The minimum Gasteiger partial charge on any atom is -0.478 e. The highest BCUT2D eigenvalue weighted by Gasteiger charge is 2.34. The Balaban J connectivity index is 2.12. The van der Waals surface area contributed by atoms with E-state index in [9.17, 15) is 14.4 Å². The number of carbonyl (C=O) groups excluding carboxylic acids is 3. The Morgan fingerprint density at radius 1 is 1.46 bits per heavy atom. The van der Waals surface area contributed by atoms with E-state index in [1.54, 1.807) is 39.0 Å². The van der Waals surface area contributed by atoms with Crippen LogP contribution in [0.25, 0.3) is 0 Å². The van der Waals surface area contributed by atoms with E-state index < -0.39 is 35.7 Å². The van der Waals surface area contributed by atoms with Crippen molar-refractivity contribution < 1.29 is 23.9 Å². The number of anilines is 1. The van der Waals surface area contributed by atoms with Crippen molar-refractivity contribution in [3.63, 3.8) is 0 Å². The van der Waals surface area contributed by atoms with E-state index in [-0.39, 0.29) is 17.7 Å². The number of benzene rings is 1. The molecule has 1 heterocycles. The highest BCUT2D eigenvalue weighted by Crippen LogP contribution is 2.33. The fraction of sp³-hybridized carbons (Fsp3) is 0.412. The zero-order valence-corrected chi connectivity index (χ0v) is 14.7. The second kappa shape index (κ2) is 7.31. The first-order chi connectivity index (χ1) is 12.1. The van der Waals surface area contributed by atoms with Crippen molar-refractivity contribution in [1.82, 2.24) is 5.32 Å². The van der Waals surface area contributed by atoms with Crippen LogP contribution in [-0.4, -0.2) is 35.7 Å². The van der Waals surface area contributed by atoms with Crippen molar-refractivity contribution in [1.29, 1.82) is 5.26 Å². The van der Waals surface area contributed by atoms with E-state index in [2.05, 4.69) is 10.6 Å². The lowest BCUT2D eigenvalue weighted by Crippen LogP contribution is -2.51. The van der Waals surface area contributed by atoms with Crippen molar-refractivity contribution in [2.75, 3.05) is 5.32 Å². The highest BCUT2D eigenvalue weighted by atomic mass is 16.6. The smallest absolute Gasteiger partial charge is 0.408 e. The topological polar surface area (TPSA) is 144 Å². The average molecular weight is 360 g/mol. The summed E-state index contributed by atoms with van der Waals surface area (Å²) in [6.45, 7) is 5.02. The molecule has 1 aromatic carbocycles. The molecule has 0 saturated heterocycles. The first-order valence-electron chi connectivity index (χ1n) is 7.90. The van der Waals surface area contributed by atoms with Crippen LogP contribution in [0.4, 0.5) is 10.5 Å². The van der Waals surface area contributed by atoms with Crippen LogP contribution in [0.2, 0.25) is 0 Å². The SMILES string of the molecule is CC(C)(C)OC(=O)N[C@@H](C[C@@H]1Oc2cccc(C#N)c2NC1=O)C(N)=O. The first kappa shape index (κ1) is 19.1. The Morgan fingerprint density at radius 2 is 2.15 bits per heavy atom. The van der Waals surface area contributed by atoms with E-state index in [1.165, 1.54) is 0 Å². The van der Waals surface area contributed by atoms with Gasteiger partial charge in [0, 0.05) is 6.42 Å². The number of para-hydroxylation sites is 1. The minimum absolute atomic E-state index is 0.184. The van der Waals surface area contributed by atoms with Gasteiger partial charge < -0.3 is 25.8 Å². The van der Waals surface area contributed by atoms with Gasteiger partial charge in [0.2, 0.25) is 5.91 Å². The number of fused-ring (bicyclic) bond motifs is 1. The van der Waals surface area contributed by atoms with Crippen molar-refractivity contribution in [3.8, 4) is 11.8 Å². The quantitative estimate of drug-likeness (QED) is 0.731. The predicted molar refractivity (Wildman–Crippen MR) is 91.2 cm³/mol. The minimum atomic E-state index is -1.17. The Labute approximate surface area is 150 Å². The van der Waals surface area contributed by atoms with Crippen LogP contribution >= 0.6 is 0 Å². The molecular formula is C17H20N4O5. The second-order valence-electron chi connectivity index (χ2n) is 6.72.